The van der Waals surface area contributed by atoms with E-state index < -0.39 is 16.8 Å². The molecule has 1 aromatic heterocycles. The van der Waals surface area contributed by atoms with E-state index in [4.69, 9.17) is 27.9 Å². The van der Waals surface area contributed by atoms with Crippen molar-refractivity contribution in [2.75, 3.05) is 7.11 Å². The molecule has 2 N–H and O–H groups in total. The fraction of sp³-hybridized carbons (Fsp3) is 0.263. The van der Waals surface area contributed by atoms with Crippen molar-refractivity contribution in [1.29, 1.82) is 0 Å². The highest BCUT2D eigenvalue weighted by Gasteiger charge is 2.34. The van der Waals surface area contributed by atoms with Crippen molar-refractivity contribution < 1.29 is 14.1 Å². The van der Waals surface area contributed by atoms with Crippen molar-refractivity contribution in [3.05, 3.63) is 67.1 Å². The Bertz CT molecular complexity index is 1120. The maximum Gasteiger partial charge on any atom is 0.278 e. The molecule has 9 heteroatoms. The Labute approximate surface area is 169 Å². The molecule has 2 heterocycles. The standard InChI is InChI=1S/C19H16Cl2FN3O3/c1-8-3-10-9-5-14(22)12(20)6-15(9)24-18(10)19(23-8)11-4-13(21)17(28-2)7-16(11)25(26)27/h4-8,19,23-24H,3H2,1-2H3/t8-,19+/m0/s1. The van der Waals surface area contributed by atoms with Gasteiger partial charge in [-0.1, -0.05) is 23.2 Å². The molecule has 2 aromatic carbocycles. The number of rotatable bonds is 3. The van der Waals surface area contributed by atoms with Crippen LogP contribution in [0.15, 0.2) is 24.3 Å². The van der Waals surface area contributed by atoms with Gasteiger partial charge in [-0.3, -0.25) is 10.1 Å². The summed E-state index contributed by atoms with van der Waals surface area (Å²) in [6.45, 7) is 1.97. The van der Waals surface area contributed by atoms with Crippen molar-refractivity contribution in [2.45, 2.75) is 25.4 Å². The summed E-state index contributed by atoms with van der Waals surface area (Å²) in [4.78, 5) is 14.5. The predicted molar refractivity (Wildman–Crippen MR) is 106 cm³/mol. The van der Waals surface area contributed by atoms with Gasteiger partial charge in [0.2, 0.25) is 0 Å². The molecular formula is C19H16Cl2FN3O3. The smallest absolute Gasteiger partial charge is 0.278 e. The quantitative estimate of drug-likeness (QED) is 0.450. The van der Waals surface area contributed by atoms with Gasteiger partial charge in [0.25, 0.3) is 5.69 Å². The molecular weight excluding hydrogens is 408 g/mol. The van der Waals surface area contributed by atoms with Crippen LogP contribution in [0.25, 0.3) is 10.9 Å². The highest BCUT2D eigenvalue weighted by atomic mass is 35.5. The van der Waals surface area contributed by atoms with E-state index in [1.165, 1.54) is 31.4 Å². The van der Waals surface area contributed by atoms with E-state index in [-0.39, 0.29) is 27.5 Å². The van der Waals surface area contributed by atoms with E-state index in [0.717, 1.165) is 16.6 Å². The number of ether oxygens (including phenoxy) is 1. The number of halogens is 3. The monoisotopic (exact) mass is 423 g/mol. The molecule has 4 rings (SSSR count). The molecule has 3 aromatic rings. The summed E-state index contributed by atoms with van der Waals surface area (Å²) in [7, 11) is 1.40. The number of methoxy groups -OCH3 is 1. The molecule has 0 unspecified atom stereocenters. The first-order valence-electron chi connectivity index (χ1n) is 8.57. The third-order valence-electron chi connectivity index (χ3n) is 5.04. The fourth-order valence-electron chi connectivity index (χ4n) is 3.81. The van der Waals surface area contributed by atoms with E-state index in [2.05, 4.69) is 10.3 Å². The lowest BCUT2D eigenvalue weighted by atomic mass is 9.90. The minimum atomic E-state index is -0.517. The predicted octanol–water partition coefficient (Wildman–Crippen LogP) is 5.15. The van der Waals surface area contributed by atoms with Crippen molar-refractivity contribution >= 4 is 39.8 Å². The van der Waals surface area contributed by atoms with Crippen LogP contribution in [0.3, 0.4) is 0 Å². The number of nitrogens with zero attached hydrogens (tertiary/aromatic N) is 1. The van der Waals surface area contributed by atoms with Gasteiger partial charge in [0.15, 0.2) is 0 Å². The largest absolute Gasteiger partial charge is 0.495 e. The number of nitrogens with one attached hydrogen (secondary N) is 2. The van der Waals surface area contributed by atoms with Gasteiger partial charge in [0.1, 0.15) is 11.6 Å². The van der Waals surface area contributed by atoms with Crippen LogP contribution in [0.2, 0.25) is 10.0 Å². The molecule has 28 heavy (non-hydrogen) atoms. The van der Waals surface area contributed by atoms with E-state index in [0.29, 0.717) is 17.5 Å². The first-order chi connectivity index (χ1) is 13.3. The number of aromatic amines is 1. The highest BCUT2D eigenvalue weighted by Crippen LogP contribution is 2.42. The summed E-state index contributed by atoms with van der Waals surface area (Å²) in [6, 6.07) is 5.28. The summed E-state index contributed by atoms with van der Waals surface area (Å²) in [6.07, 6.45) is 0.643. The maximum atomic E-state index is 14.0. The average molecular weight is 424 g/mol. The van der Waals surface area contributed by atoms with Crippen LogP contribution in [0.4, 0.5) is 10.1 Å². The molecule has 0 saturated carbocycles. The zero-order valence-corrected chi connectivity index (χ0v) is 16.5. The number of aromatic nitrogens is 1. The van der Waals surface area contributed by atoms with Gasteiger partial charge in [0, 0.05) is 22.6 Å². The fourth-order valence-corrected chi connectivity index (χ4v) is 4.23. The molecule has 0 amide bonds. The Kier molecular flexibility index (Phi) is 4.69. The third kappa shape index (κ3) is 2.99. The molecule has 6 nitrogen and oxygen atoms in total. The van der Waals surface area contributed by atoms with Crippen LogP contribution < -0.4 is 10.1 Å². The zero-order chi connectivity index (χ0) is 20.2. The third-order valence-corrected chi connectivity index (χ3v) is 5.62. The first-order valence-corrected chi connectivity index (χ1v) is 9.33. The van der Waals surface area contributed by atoms with Crippen LogP contribution in [-0.4, -0.2) is 23.1 Å². The summed E-state index contributed by atoms with van der Waals surface area (Å²) >= 11 is 12.2. The maximum absolute atomic E-state index is 14.0. The second-order valence-corrected chi connectivity index (χ2v) is 7.65. The van der Waals surface area contributed by atoms with Gasteiger partial charge in [0.05, 0.1) is 39.8 Å². The minimum absolute atomic E-state index is 0.00993. The first kappa shape index (κ1) is 19.0. The van der Waals surface area contributed by atoms with Crippen LogP contribution >= 0.6 is 23.2 Å². The number of hydrogen-bond acceptors (Lipinski definition) is 4. The molecule has 0 bridgehead atoms. The van der Waals surface area contributed by atoms with E-state index in [1.807, 2.05) is 6.92 Å². The van der Waals surface area contributed by atoms with Gasteiger partial charge in [-0.2, -0.15) is 0 Å². The molecule has 146 valence electrons. The van der Waals surface area contributed by atoms with Gasteiger partial charge in [-0.05, 0) is 37.1 Å². The second kappa shape index (κ2) is 6.92. The molecule has 0 radical (unpaired) electrons. The normalized spacial score (nSPS) is 18.9. The summed E-state index contributed by atoms with van der Waals surface area (Å²) in [5.41, 5.74) is 2.62. The number of benzene rings is 2. The Morgan fingerprint density at radius 1 is 1.25 bits per heavy atom. The SMILES string of the molecule is COc1cc([N+](=O)[O-])c([C@H]2N[C@@H](C)Cc3c2[nH]c2cc(Cl)c(F)cc32)cc1Cl. The van der Waals surface area contributed by atoms with Gasteiger partial charge in [-0.15, -0.1) is 0 Å². The summed E-state index contributed by atoms with van der Waals surface area (Å²) < 4.78 is 19.2. The lowest BCUT2D eigenvalue weighted by Crippen LogP contribution is -2.38. The van der Waals surface area contributed by atoms with Gasteiger partial charge in [-0.25, -0.2) is 4.39 Å². The van der Waals surface area contributed by atoms with E-state index in [1.54, 1.807) is 0 Å². The van der Waals surface area contributed by atoms with Crippen molar-refractivity contribution in [3.63, 3.8) is 0 Å². The lowest BCUT2D eigenvalue weighted by molar-refractivity contribution is -0.385. The van der Waals surface area contributed by atoms with Crippen molar-refractivity contribution in [2.24, 2.45) is 0 Å². The van der Waals surface area contributed by atoms with Crippen LogP contribution in [0.5, 0.6) is 5.75 Å². The van der Waals surface area contributed by atoms with Crippen LogP contribution in [0.1, 0.15) is 29.8 Å². The molecule has 1 aliphatic heterocycles. The Hall–Kier alpha value is -2.35. The molecule has 0 saturated heterocycles. The molecule has 0 fully saturated rings. The van der Waals surface area contributed by atoms with Crippen molar-refractivity contribution in [1.82, 2.24) is 10.3 Å². The van der Waals surface area contributed by atoms with E-state index in [9.17, 15) is 14.5 Å². The van der Waals surface area contributed by atoms with Gasteiger partial charge < -0.3 is 15.0 Å². The molecule has 2 atom stereocenters. The zero-order valence-electron chi connectivity index (χ0n) is 15.0. The summed E-state index contributed by atoms with van der Waals surface area (Å²) in [5, 5.41) is 16.1. The molecule has 0 spiro atoms. The molecule has 0 aliphatic carbocycles. The van der Waals surface area contributed by atoms with Crippen LogP contribution in [0, 0.1) is 15.9 Å². The average Bonchev–Trinajstić information content (AvgIpc) is 2.98. The number of nitro benzene ring substituents is 1. The molecule has 1 aliphatic rings. The van der Waals surface area contributed by atoms with Crippen molar-refractivity contribution in [3.8, 4) is 5.75 Å². The lowest BCUT2D eigenvalue weighted by Gasteiger charge is -2.29. The number of nitro groups is 1. The van der Waals surface area contributed by atoms with Gasteiger partial charge >= 0.3 is 0 Å². The Morgan fingerprint density at radius 2 is 2.00 bits per heavy atom. The van der Waals surface area contributed by atoms with Crippen LogP contribution in [-0.2, 0) is 6.42 Å². The number of H-pyrrole nitrogens is 1. The number of hydrogen-bond donors (Lipinski definition) is 2. The Morgan fingerprint density at radius 3 is 2.68 bits per heavy atom. The summed E-state index contributed by atoms with van der Waals surface area (Å²) in [5.74, 6) is -0.274. The number of fused-ring (bicyclic) bond motifs is 3. The highest BCUT2D eigenvalue weighted by molar-refractivity contribution is 6.32. The second-order valence-electron chi connectivity index (χ2n) is 6.84. The Balaban J connectivity index is 1.96. The van der Waals surface area contributed by atoms with E-state index >= 15 is 0 Å². The minimum Gasteiger partial charge on any atom is -0.495 e. The topological polar surface area (TPSA) is 80.2 Å².